The van der Waals surface area contributed by atoms with Crippen molar-refractivity contribution in [3.8, 4) is 67.9 Å². The molecule has 3 heterocycles. The topological polar surface area (TPSA) is 64.7 Å². The minimum atomic E-state index is 0.607. The van der Waals surface area contributed by atoms with Crippen molar-refractivity contribution >= 4 is 42.6 Å². The Kier molecular flexibility index (Phi) is 7.25. The van der Waals surface area contributed by atoms with Gasteiger partial charge < -0.3 is 4.42 Å². The molecule has 0 atom stereocenters. The molecule has 0 radical (unpaired) electrons. The fourth-order valence-electron chi connectivity index (χ4n) is 6.81. The van der Waals surface area contributed by atoms with Gasteiger partial charge in [-0.3, -0.25) is 0 Å². The molecule has 0 bridgehead atoms. The van der Waals surface area contributed by atoms with Crippen LogP contribution < -0.4 is 0 Å². The van der Waals surface area contributed by atoms with E-state index in [4.69, 9.17) is 24.4 Å². The molecule has 5 nitrogen and oxygen atoms in total. The summed E-state index contributed by atoms with van der Waals surface area (Å²) in [6.07, 6.45) is 0. The molecule has 244 valence electrons. The molecule has 10 aromatic rings. The fraction of sp³-hybridized carbons (Fsp3) is 0. The lowest BCUT2D eigenvalue weighted by molar-refractivity contribution is 0.620. The van der Waals surface area contributed by atoms with Gasteiger partial charge in [-0.1, -0.05) is 127 Å². The van der Waals surface area contributed by atoms with E-state index in [0.29, 0.717) is 23.4 Å². The molecule has 0 unspecified atom stereocenters. The van der Waals surface area contributed by atoms with Crippen molar-refractivity contribution in [2.75, 3.05) is 0 Å². The number of hydrogen-bond donors (Lipinski definition) is 0. The van der Waals surface area contributed by atoms with Gasteiger partial charge in [-0.05, 0) is 64.7 Å². The van der Waals surface area contributed by atoms with E-state index in [2.05, 4.69) is 91.0 Å². The van der Waals surface area contributed by atoms with Crippen LogP contribution in [0.5, 0.6) is 0 Å². The van der Waals surface area contributed by atoms with Crippen LogP contribution in [-0.2, 0) is 0 Å². The predicted molar refractivity (Wildman–Crippen MR) is 213 cm³/mol. The maximum atomic E-state index is 6.39. The Morgan fingerprint density at radius 3 is 1.69 bits per heavy atom. The van der Waals surface area contributed by atoms with Gasteiger partial charge in [-0.25, -0.2) is 19.9 Å². The van der Waals surface area contributed by atoms with Crippen LogP contribution in [0.4, 0.5) is 0 Å². The second kappa shape index (κ2) is 12.5. The molecular formula is C46H28N4OS. The number of rotatable bonds is 6. The number of oxazole rings is 1. The summed E-state index contributed by atoms with van der Waals surface area (Å²) < 4.78 is 8.77. The summed E-state index contributed by atoms with van der Waals surface area (Å²) in [7, 11) is 0. The number of nitrogens with zero attached hydrogens (tertiary/aromatic N) is 4. The van der Waals surface area contributed by atoms with Crippen LogP contribution >= 0.6 is 11.3 Å². The minimum Gasteiger partial charge on any atom is -0.436 e. The highest BCUT2D eigenvalue weighted by Gasteiger charge is 2.18. The van der Waals surface area contributed by atoms with Crippen molar-refractivity contribution in [2.45, 2.75) is 0 Å². The van der Waals surface area contributed by atoms with Crippen LogP contribution in [0.2, 0.25) is 0 Å². The average molecular weight is 685 g/mol. The summed E-state index contributed by atoms with van der Waals surface area (Å²) in [6.45, 7) is 0. The molecule has 3 aromatic heterocycles. The summed E-state index contributed by atoms with van der Waals surface area (Å²) >= 11 is 1.78. The lowest BCUT2D eigenvalue weighted by Crippen LogP contribution is -2.00. The fourth-order valence-corrected chi connectivity index (χ4v) is 7.92. The summed E-state index contributed by atoms with van der Waals surface area (Å²) in [5.41, 5.74) is 9.83. The number of benzene rings is 7. The third-order valence-electron chi connectivity index (χ3n) is 9.37. The smallest absolute Gasteiger partial charge is 0.227 e. The Hall–Kier alpha value is -6.76. The second-order valence-electron chi connectivity index (χ2n) is 12.7. The van der Waals surface area contributed by atoms with Crippen LogP contribution in [0.3, 0.4) is 0 Å². The van der Waals surface area contributed by atoms with Gasteiger partial charge in [0.2, 0.25) is 5.89 Å². The molecule has 0 saturated heterocycles. The Balaban J connectivity index is 1.08. The zero-order chi connectivity index (χ0) is 34.4. The SMILES string of the molecule is c1ccc(-c2cccc(-c3nc4ccc(-c5ccc6sc7cccc(-c8nc(-c9ccccc9)nc(-c9ccccc9)n8)c7c6c5)cc4o3)c2)cc1. The maximum Gasteiger partial charge on any atom is 0.227 e. The number of hydrogen-bond acceptors (Lipinski definition) is 6. The lowest BCUT2D eigenvalue weighted by Gasteiger charge is -2.10. The molecule has 0 aliphatic carbocycles. The Morgan fingerprint density at radius 1 is 0.385 bits per heavy atom. The first-order chi connectivity index (χ1) is 25.7. The van der Waals surface area contributed by atoms with Gasteiger partial charge in [0, 0.05) is 42.4 Å². The van der Waals surface area contributed by atoms with Gasteiger partial charge in [0.05, 0.1) is 0 Å². The van der Waals surface area contributed by atoms with Crippen molar-refractivity contribution in [2.24, 2.45) is 0 Å². The van der Waals surface area contributed by atoms with Gasteiger partial charge in [0.1, 0.15) is 5.52 Å². The molecule has 7 aromatic carbocycles. The van der Waals surface area contributed by atoms with Crippen LogP contribution in [0.15, 0.2) is 174 Å². The number of aromatic nitrogens is 4. The normalized spacial score (nSPS) is 11.5. The summed E-state index contributed by atoms with van der Waals surface area (Å²) in [4.78, 5) is 19.9. The van der Waals surface area contributed by atoms with Crippen molar-refractivity contribution < 1.29 is 4.42 Å². The third kappa shape index (κ3) is 5.43. The molecule has 6 heteroatoms. The average Bonchev–Trinajstić information content (AvgIpc) is 3.83. The van der Waals surface area contributed by atoms with E-state index in [-0.39, 0.29) is 0 Å². The van der Waals surface area contributed by atoms with E-state index >= 15 is 0 Å². The zero-order valence-corrected chi connectivity index (χ0v) is 28.6. The molecule has 52 heavy (non-hydrogen) atoms. The van der Waals surface area contributed by atoms with Gasteiger partial charge in [0.15, 0.2) is 23.1 Å². The molecule has 0 saturated carbocycles. The highest BCUT2D eigenvalue weighted by molar-refractivity contribution is 7.26. The highest BCUT2D eigenvalue weighted by Crippen LogP contribution is 2.42. The van der Waals surface area contributed by atoms with Crippen molar-refractivity contribution in [3.63, 3.8) is 0 Å². The van der Waals surface area contributed by atoms with Gasteiger partial charge in [0.25, 0.3) is 0 Å². The number of fused-ring (bicyclic) bond motifs is 4. The molecule has 0 amide bonds. The van der Waals surface area contributed by atoms with Gasteiger partial charge >= 0.3 is 0 Å². The highest BCUT2D eigenvalue weighted by atomic mass is 32.1. The molecule has 0 aliphatic heterocycles. The predicted octanol–water partition coefficient (Wildman–Crippen LogP) is 12.4. The molecule has 0 fully saturated rings. The summed E-state index contributed by atoms with van der Waals surface area (Å²) in [5, 5.41) is 2.29. The van der Waals surface area contributed by atoms with E-state index in [1.54, 1.807) is 11.3 Å². The van der Waals surface area contributed by atoms with E-state index in [0.717, 1.165) is 66.4 Å². The lowest BCUT2D eigenvalue weighted by atomic mass is 10.0. The van der Waals surface area contributed by atoms with E-state index < -0.39 is 0 Å². The molecular weight excluding hydrogens is 657 g/mol. The first-order valence-electron chi connectivity index (χ1n) is 17.1. The first kappa shape index (κ1) is 30.1. The summed E-state index contributed by atoms with van der Waals surface area (Å²) in [5.74, 6) is 2.55. The molecule has 0 spiro atoms. The van der Waals surface area contributed by atoms with E-state index in [9.17, 15) is 0 Å². The Labute approximate surface area is 303 Å². The monoisotopic (exact) mass is 684 g/mol. The Morgan fingerprint density at radius 2 is 0.962 bits per heavy atom. The van der Waals surface area contributed by atoms with E-state index in [1.165, 1.54) is 9.40 Å². The molecule has 0 N–H and O–H groups in total. The van der Waals surface area contributed by atoms with Crippen LogP contribution in [0.1, 0.15) is 0 Å². The molecule has 10 rings (SSSR count). The van der Waals surface area contributed by atoms with Gasteiger partial charge in [-0.15, -0.1) is 11.3 Å². The second-order valence-corrected chi connectivity index (χ2v) is 13.8. The molecule has 0 aliphatic rings. The standard InChI is InChI=1S/C46H28N4OS/c1-4-12-29(13-5-1)32-18-10-19-35(26-32)46-47-38-24-22-34(28-39(38)51-46)33-23-25-40-37(27-33)42-36(20-11-21-41(42)52-40)45-49-43(30-14-6-2-7-15-30)48-44(50-45)31-16-8-3-9-17-31/h1-28H. The number of thiophene rings is 1. The van der Waals surface area contributed by atoms with Crippen LogP contribution in [0.25, 0.3) is 99.1 Å². The van der Waals surface area contributed by atoms with E-state index in [1.807, 2.05) is 78.9 Å². The maximum absolute atomic E-state index is 6.39. The van der Waals surface area contributed by atoms with Crippen LogP contribution in [0, 0.1) is 0 Å². The van der Waals surface area contributed by atoms with Crippen molar-refractivity contribution in [1.29, 1.82) is 0 Å². The quantitative estimate of drug-likeness (QED) is 0.174. The zero-order valence-electron chi connectivity index (χ0n) is 27.8. The van der Waals surface area contributed by atoms with Crippen molar-refractivity contribution in [3.05, 3.63) is 170 Å². The van der Waals surface area contributed by atoms with Crippen molar-refractivity contribution in [1.82, 2.24) is 19.9 Å². The van der Waals surface area contributed by atoms with Gasteiger partial charge in [-0.2, -0.15) is 0 Å². The minimum absolute atomic E-state index is 0.607. The largest absolute Gasteiger partial charge is 0.436 e. The third-order valence-corrected chi connectivity index (χ3v) is 10.5. The van der Waals surface area contributed by atoms with Crippen LogP contribution in [-0.4, -0.2) is 19.9 Å². The Bertz CT molecular complexity index is 2840. The summed E-state index contributed by atoms with van der Waals surface area (Å²) in [6, 6.07) is 58.2. The first-order valence-corrected chi connectivity index (χ1v) is 17.9.